The van der Waals surface area contributed by atoms with Gasteiger partial charge in [0, 0.05) is 12.0 Å². The van der Waals surface area contributed by atoms with Crippen LogP contribution in [0.5, 0.6) is 0 Å². The lowest BCUT2D eigenvalue weighted by Crippen LogP contribution is -2.29. The van der Waals surface area contributed by atoms with Gasteiger partial charge in [-0.1, -0.05) is 6.58 Å². The molecule has 0 rings (SSSR count). The van der Waals surface area contributed by atoms with E-state index < -0.39 is 30.2 Å². The normalized spacial score (nSPS) is 14.0. The van der Waals surface area contributed by atoms with Crippen molar-refractivity contribution in [2.75, 3.05) is 0 Å². The van der Waals surface area contributed by atoms with E-state index in [4.69, 9.17) is 10.2 Å². The number of carbonyl (C=O) groups is 1. The van der Waals surface area contributed by atoms with Crippen molar-refractivity contribution in [2.45, 2.75) is 18.7 Å². The van der Waals surface area contributed by atoms with Gasteiger partial charge in [-0.2, -0.15) is 13.2 Å². The highest BCUT2D eigenvalue weighted by Crippen LogP contribution is 2.24. The molecule has 70 valence electrons. The van der Waals surface area contributed by atoms with E-state index in [1.165, 1.54) is 0 Å². The third-order valence-corrected chi connectivity index (χ3v) is 1.12. The van der Waals surface area contributed by atoms with E-state index in [0.29, 0.717) is 0 Å². The molecule has 0 aliphatic rings. The van der Waals surface area contributed by atoms with Crippen LogP contribution in [-0.2, 0) is 4.79 Å². The molecule has 0 spiro atoms. The van der Waals surface area contributed by atoms with Crippen LogP contribution < -0.4 is 0 Å². The summed E-state index contributed by atoms with van der Waals surface area (Å²) < 4.78 is 34.8. The summed E-state index contributed by atoms with van der Waals surface area (Å²) in [5.41, 5.74) is -0.667. The summed E-state index contributed by atoms with van der Waals surface area (Å²) >= 11 is 0. The number of aliphatic hydroxyl groups is 1. The largest absolute Gasteiger partial charge is 0.478 e. The van der Waals surface area contributed by atoms with Crippen LogP contribution in [0.25, 0.3) is 0 Å². The minimum Gasteiger partial charge on any atom is -0.478 e. The molecule has 0 aromatic rings. The highest BCUT2D eigenvalue weighted by atomic mass is 19.4. The van der Waals surface area contributed by atoms with Crippen molar-refractivity contribution in [3.05, 3.63) is 12.2 Å². The predicted octanol–water partition coefficient (Wildman–Crippen LogP) is 0.941. The summed E-state index contributed by atoms with van der Waals surface area (Å²) in [4.78, 5) is 9.98. The smallest absolute Gasteiger partial charge is 0.414 e. The Morgan fingerprint density at radius 3 is 2.17 bits per heavy atom. The SMILES string of the molecule is C=C(CC(O)C(F)(F)F)C(=O)O. The van der Waals surface area contributed by atoms with Crippen molar-refractivity contribution < 1.29 is 28.2 Å². The molecule has 0 heterocycles. The zero-order valence-corrected chi connectivity index (χ0v) is 5.93. The van der Waals surface area contributed by atoms with Crippen molar-refractivity contribution in [1.82, 2.24) is 0 Å². The van der Waals surface area contributed by atoms with Gasteiger partial charge in [0.1, 0.15) is 0 Å². The molecule has 0 fully saturated rings. The monoisotopic (exact) mass is 184 g/mol. The zero-order chi connectivity index (χ0) is 9.94. The molecule has 0 saturated heterocycles. The molecule has 12 heavy (non-hydrogen) atoms. The van der Waals surface area contributed by atoms with Crippen molar-refractivity contribution >= 4 is 5.97 Å². The van der Waals surface area contributed by atoms with E-state index >= 15 is 0 Å². The Morgan fingerprint density at radius 2 is 1.92 bits per heavy atom. The molecule has 0 aliphatic carbocycles. The molecule has 0 aliphatic heterocycles. The molecule has 6 heteroatoms. The summed E-state index contributed by atoms with van der Waals surface area (Å²) in [6, 6.07) is 0. The molecule has 2 N–H and O–H groups in total. The minimum atomic E-state index is -4.79. The molecule has 0 saturated carbocycles. The van der Waals surface area contributed by atoms with E-state index in [2.05, 4.69) is 6.58 Å². The van der Waals surface area contributed by atoms with Gasteiger partial charge in [-0.25, -0.2) is 4.79 Å². The lowest BCUT2D eigenvalue weighted by atomic mass is 10.1. The second kappa shape index (κ2) is 3.57. The Balaban J connectivity index is 4.11. The van der Waals surface area contributed by atoms with E-state index in [9.17, 15) is 18.0 Å². The van der Waals surface area contributed by atoms with Gasteiger partial charge < -0.3 is 10.2 Å². The Morgan fingerprint density at radius 1 is 1.50 bits per heavy atom. The molecule has 0 amide bonds. The van der Waals surface area contributed by atoms with E-state index in [0.717, 1.165) is 0 Å². The number of halogens is 3. The van der Waals surface area contributed by atoms with Gasteiger partial charge in [0.15, 0.2) is 6.10 Å². The first-order valence-electron chi connectivity index (χ1n) is 2.91. The average Bonchev–Trinajstić information content (AvgIpc) is 1.85. The quantitative estimate of drug-likeness (QED) is 0.641. The topological polar surface area (TPSA) is 57.5 Å². The summed E-state index contributed by atoms with van der Waals surface area (Å²) in [5.74, 6) is -1.54. The van der Waals surface area contributed by atoms with Crippen LogP contribution in [-0.4, -0.2) is 28.5 Å². The number of aliphatic hydroxyl groups excluding tert-OH is 1. The molecular weight excluding hydrogens is 177 g/mol. The molecule has 0 bridgehead atoms. The van der Waals surface area contributed by atoms with E-state index in [-0.39, 0.29) is 0 Å². The number of alkyl halides is 3. The van der Waals surface area contributed by atoms with Crippen molar-refractivity contribution in [3.63, 3.8) is 0 Å². The van der Waals surface area contributed by atoms with Gasteiger partial charge in [0.2, 0.25) is 0 Å². The predicted molar refractivity (Wildman–Crippen MR) is 33.5 cm³/mol. The number of aliphatic carboxylic acids is 1. The fraction of sp³-hybridized carbons (Fsp3) is 0.500. The van der Waals surface area contributed by atoms with Gasteiger partial charge in [0.25, 0.3) is 0 Å². The molecule has 1 atom stereocenters. The maximum atomic E-state index is 11.6. The number of hydrogen-bond donors (Lipinski definition) is 2. The molecule has 0 aromatic carbocycles. The zero-order valence-electron chi connectivity index (χ0n) is 5.93. The third-order valence-electron chi connectivity index (χ3n) is 1.12. The molecule has 1 unspecified atom stereocenters. The van der Waals surface area contributed by atoms with Crippen molar-refractivity contribution in [2.24, 2.45) is 0 Å². The van der Waals surface area contributed by atoms with E-state index in [1.807, 2.05) is 0 Å². The maximum Gasteiger partial charge on any atom is 0.414 e. The lowest BCUT2D eigenvalue weighted by molar-refractivity contribution is -0.203. The van der Waals surface area contributed by atoms with Gasteiger partial charge in [-0.3, -0.25) is 0 Å². The Hall–Kier alpha value is -1.04. The van der Waals surface area contributed by atoms with Crippen LogP contribution in [0.15, 0.2) is 12.2 Å². The van der Waals surface area contributed by atoms with Crippen LogP contribution in [0.1, 0.15) is 6.42 Å². The molecule has 0 radical (unpaired) electrons. The summed E-state index contributed by atoms with van der Waals surface area (Å²) in [6.07, 6.45) is -8.45. The average molecular weight is 184 g/mol. The van der Waals surface area contributed by atoms with Crippen molar-refractivity contribution in [3.8, 4) is 0 Å². The summed E-state index contributed by atoms with van der Waals surface area (Å²) in [7, 11) is 0. The van der Waals surface area contributed by atoms with Crippen LogP contribution in [0.4, 0.5) is 13.2 Å². The van der Waals surface area contributed by atoms with Gasteiger partial charge in [-0.15, -0.1) is 0 Å². The number of rotatable bonds is 3. The highest BCUT2D eigenvalue weighted by molar-refractivity contribution is 5.85. The standard InChI is InChI=1S/C6H7F3O3/c1-3(5(11)12)2-4(10)6(7,8)9/h4,10H,1-2H2,(H,11,12). The summed E-state index contributed by atoms with van der Waals surface area (Å²) in [6.45, 7) is 2.85. The third kappa shape index (κ3) is 3.38. The van der Waals surface area contributed by atoms with Crippen LogP contribution in [0.2, 0.25) is 0 Å². The fourth-order valence-corrected chi connectivity index (χ4v) is 0.436. The second-order valence-electron chi connectivity index (χ2n) is 2.17. The maximum absolute atomic E-state index is 11.6. The fourth-order valence-electron chi connectivity index (χ4n) is 0.436. The van der Waals surface area contributed by atoms with Gasteiger partial charge in [-0.05, 0) is 0 Å². The second-order valence-corrected chi connectivity index (χ2v) is 2.17. The molecular formula is C6H7F3O3. The van der Waals surface area contributed by atoms with E-state index in [1.54, 1.807) is 0 Å². The van der Waals surface area contributed by atoms with Gasteiger partial charge >= 0.3 is 12.1 Å². The highest BCUT2D eigenvalue weighted by Gasteiger charge is 2.38. The number of carboxylic acids is 1. The van der Waals surface area contributed by atoms with Crippen LogP contribution in [0, 0.1) is 0 Å². The first-order valence-corrected chi connectivity index (χ1v) is 2.91. The van der Waals surface area contributed by atoms with Crippen molar-refractivity contribution in [1.29, 1.82) is 0 Å². The first kappa shape index (κ1) is 11.0. The minimum absolute atomic E-state index is 0.667. The first-order chi connectivity index (χ1) is 5.25. The Labute approximate surface area is 66.1 Å². The number of hydrogen-bond acceptors (Lipinski definition) is 2. The van der Waals surface area contributed by atoms with Gasteiger partial charge in [0.05, 0.1) is 0 Å². The van der Waals surface area contributed by atoms with Crippen LogP contribution in [0.3, 0.4) is 0 Å². The van der Waals surface area contributed by atoms with Crippen LogP contribution >= 0.6 is 0 Å². The number of carboxylic acid groups (broad SMARTS) is 1. The molecule has 0 aromatic heterocycles. The Bertz CT molecular complexity index is 197. The lowest BCUT2D eigenvalue weighted by Gasteiger charge is -2.13. The summed E-state index contributed by atoms with van der Waals surface area (Å²) in [5, 5.41) is 16.5. The Kier molecular flexibility index (Phi) is 3.26. The molecule has 3 nitrogen and oxygen atoms in total.